The third-order valence-electron chi connectivity index (χ3n) is 2.79. The van der Waals surface area contributed by atoms with Gasteiger partial charge >= 0.3 is 0 Å². The van der Waals surface area contributed by atoms with E-state index in [1.165, 1.54) is 12.1 Å². The molecule has 0 aromatic heterocycles. The topological polar surface area (TPSA) is 95.5 Å². The molecule has 0 heterocycles. The number of benzene rings is 2. The minimum absolute atomic E-state index is 0.0480. The van der Waals surface area contributed by atoms with Crippen LogP contribution >= 0.6 is 11.6 Å². The predicted molar refractivity (Wildman–Crippen MR) is 75.5 cm³/mol. The molecule has 0 saturated carbocycles. The minimum atomic E-state index is -0.785. The monoisotopic (exact) mass is 326 g/mol. The Morgan fingerprint density at radius 3 is 2.45 bits per heavy atom. The Kier molecular flexibility index (Phi) is 4.52. The summed E-state index contributed by atoms with van der Waals surface area (Å²) in [5, 5.41) is 21.4. The van der Waals surface area contributed by atoms with E-state index in [-0.39, 0.29) is 22.0 Å². The molecule has 0 spiro atoms. The van der Waals surface area contributed by atoms with Gasteiger partial charge in [0.05, 0.1) is 14.9 Å². The van der Waals surface area contributed by atoms with Crippen molar-refractivity contribution in [3.05, 3.63) is 73.0 Å². The van der Waals surface area contributed by atoms with Crippen molar-refractivity contribution in [2.24, 2.45) is 0 Å². The van der Waals surface area contributed by atoms with E-state index in [1.807, 2.05) is 0 Å². The Bertz CT molecular complexity index is 753. The highest BCUT2D eigenvalue weighted by Gasteiger charge is 2.19. The van der Waals surface area contributed by atoms with E-state index in [0.29, 0.717) is 0 Å². The maximum Gasteiger partial charge on any atom is 0.278 e. The number of hydrogen-bond donors (Lipinski definition) is 0. The molecule has 0 unspecified atom stereocenters. The van der Waals surface area contributed by atoms with Crippen LogP contribution in [-0.4, -0.2) is 9.85 Å². The van der Waals surface area contributed by atoms with Crippen molar-refractivity contribution in [1.82, 2.24) is 0 Å². The van der Waals surface area contributed by atoms with Gasteiger partial charge in [0.25, 0.3) is 11.4 Å². The Labute approximate surface area is 128 Å². The van der Waals surface area contributed by atoms with Gasteiger partial charge in [-0.25, -0.2) is 4.39 Å². The van der Waals surface area contributed by atoms with E-state index in [4.69, 9.17) is 16.3 Å². The number of halogens is 2. The first kappa shape index (κ1) is 15.6. The van der Waals surface area contributed by atoms with Crippen LogP contribution in [0, 0.1) is 26.0 Å². The maximum absolute atomic E-state index is 13.7. The SMILES string of the molecule is O=[N+]([O-])c1ccc(OCc2c(F)cccc2[N+](=O)[O-])c(Cl)c1. The molecule has 7 nitrogen and oxygen atoms in total. The van der Waals surface area contributed by atoms with Crippen molar-refractivity contribution >= 4 is 23.0 Å². The molecule has 22 heavy (non-hydrogen) atoms. The second-order valence-corrected chi connectivity index (χ2v) is 4.56. The lowest BCUT2D eigenvalue weighted by Crippen LogP contribution is -2.04. The fourth-order valence-corrected chi connectivity index (χ4v) is 1.96. The average molecular weight is 327 g/mol. The van der Waals surface area contributed by atoms with E-state index in [2.05, 4.69) is 0 Å². The van der Waals surface area contributed by atoms with Crippen LogP contribution < -0.4 is 4.74 Å². The lowest BCUT2D eigenvalue weighted by molar-refractivity contribution is -0.386. The van der Waals surface area contributed by atoms with Crippen LogP contribution in [0.4, 0.5) is 15.8 Å². The van der Waals surface area contributed by atoms with Gasteiger partial charge in [-0.2, -0.15) is 0 Å². The van der Waals surface area contributed by atoms with Crippen molar-refractivity contribution in [1.29, 1.82) is 0 Å². The van der Waals surface area contributed by atoms with E-state index in [1.54, 1.807) is 0 Å². The van der Waals surface area contributed by atoms with Gasteiger partial charge in [-0.15, -0.1) is 0 Å². The number of hydrogen-bond acceptors (Lipinski definition) is 5. The van der Waals surface area contributed by atoms with Crippen LogP contribution in [0.3, 0.4) is 0 Å². The van der Waals surface area contributed by atoms with Crippen LogP contribution in [-0.2, 0) is 6.61 Å². The van der Waals surface area contributed by atoms with Gasteiger partial charge in [0.1, 0.15) is 23.7 Å². The summed E-state index contributed by atoms with van der Waals surface area (Å²) in [6.07, 6.45) is 0. The van der Waals surface area contributed by atoms with Gasteiger partial charge in [-0.1, -0.05) is 17.7 Å². The molecule has 0 fully saturated rings. The number of ether oxygens (including phenoxy) is 1. The average Bonchev–Trinajstić information content (AvgIpc) is 2.46. The molecule has 0 atom stereocenters. The third kappa shape index (κ3) is 3.29. The molecule has 2 aromatic carbocycles. The largest absolute Gasteiger partial charge is 0.487 e. The summed E-state index contributed by atoms with van der Waals surface area (Å²) in [5.74, 6) is -0.725. The molecule has 0 aliphatic rings. The standard InChI is InChI=1S/C13H8ClFN2O5/c14-10-6-8(16(18)19)4-5-13(10)22-7-9-11(15)2-1-3-12(9)17(20)21/h1-6H,7H2. The highest BCUT2D eigenvalue weighted by molar-refractivity contribution is 6.32. The second kappa shape index (κ2) is 6.35. The predicted octanol–water partition coefficient (Wildman–Crippen LogP) is 3.87. The number of non-ortho nitro benzene ring substituents is 1. The van der Waals surface area contributed by atoms with Crippen molar-refractivity contribution in [2.45, 2.75) is 6.61 Å². The molecule has 0 amide bonds. The molecule has 2 aromatic rings. The highest BCUT2D eigenvalue weighted by Crippen LogP contribution is 2.30. The van der Waals surface area contributed by atoms with Gasteiger partial charge in [0.2, 0.25) is 0 Å². The van der Waals surface area contributed by atoms with Crippen molar-refractivity contribution in [3.8, 4) is 5.75 Å². The molecular formula is C13H8ClFN2O5. The fourth-order valence-electron chi connectivity index (χ4n) is 1.73. The molecule has 9 heteroatoms. The smallest absolute Gasteiger partial charge is 0.278 e. The quantitative estimate of drug-likeness (QED) is 0.613. The summed E-state index contributed by atoms with van der Waals surface area (Å²) in [7, 11) is 0. The highest BCUT2D eigenvalue weighted by atomic mass is 35.5. The van der Waals surface area contributed by atoms with Gasteiger partial charge < -0.3 is 4.74 Å². The molecule has 114 valence electrons. The van der Waals surface area contributed by atoms with Crippen molar-refractivity contribution in [2.75, 3.05) is 0 Å². The Balaban J connectivity index is 2.24. The first-order valence-corrected chi connectivity index (χ1v) is 6.26. The van der Waals surface area contributed by atoms with E-state index >= 15 is 0 Å². The molecule has 0 saturated heterocycles. The summed E-state index contributed by atoms with van der Waals surface area (Å²) in [5.41, 5.74) is -0.880. The van der Waals surface area contributed by atoms with Gasteiger partial charge in [-0.3, -0.25) is 20.2 Å². The maximum atomic E-state index is 13.7. The van der Waals surface area contributed by atoms with Crippen LogP contribution in [0.2, 0.25) is 5.02 Å². The molecule has 0 aliphatic carbocycles. The van der Waals surface area contributed by atoms with Crippen LogP contribution in [0.15, 0.2) is 36.4 Å². The van der Waals surface area contributed by atoms with Gasteiger partial charge in [-0.05, 0) is 12.1 Å². The molecule has 0 bridgehead atoms. The van der Waals surface area contributed by atoms with E-state index in [9.17, 15) is 24.6 Å². The molecule has 0 N–H and O–H groups in total. The zero-order chi connectivity index (χ0) is 16.3. The zero-order valence-corrected chi connectivity index (χ0v) is 11.6. The summed E-state index contributed by atoms with van der Waals surface area (Å²) < 4.78 is 18.9. The number of rotatable bonds is 5. The third-order valence-corrected chi connectivity index (χ3v) is 3.08. The summed E-state index contributed by atoms with van der Waals surface area (Å²) in [6, 6.07) is 6.93. The second-order valence-electron chi connectivity index (χ2n) is 4.16. The lowest BCUT2D eigenvalue weighted by Gasteiger charge is -2.09. The Hall–Kier alpha value is -2.74. The Morgan fingerprint density at radius 1 is 1.14 bits per heavy atom. The van der Waals surface area contributed by atoms with E-state index in [0.717, 1.165) is 24.3 Å². The number of nitro benzene ring substituents is 2. The first-order chi connectivity index (χ1) is 10.4. The van der Waals surface area contributed by atoms with Gasteiger partial charge in [0.15, 0.2) is 0 Å². The Morgan fingerprint density at radius 2 is 1.86 bits per heavy atom. The summed E-state index contributed by atoms with van der Waals surface area (Å²) in [6.45, 7) is -0.430. The van der Waals surface area contributed by atoms with Crippen LogP contribution in [0.5, 0.6) is 5.75 Å². The summed E-state index contributed by atoms with van der Waals surface area (Å²) in [4.78, 5) is 20.1. The van der Waals surface area contributed by atoms with Crippen LogP contribution in [0.25, 0.3) is 0 Å². The lowest BCUT2D eigenvalue weighted by atomic mass is 10.2. The number of nitrogens with zero attached hydrogens (tertiary/aromatic N) is 2. The first-order valence-electron chi connectivity index (χ1n) is 5.88. The summed E-state index contributed by atoms with van der Waals surface area (Å²) >= 11 is 5.82. The molecule has 0 radical (unpaired) electrons. The van der Waals surface area contributed by atoms with E-state index < -0.39 is 28.0 Å². The van der Waals surface area contributed by atoms with Crippen LogP contribution in [0.1, 0.15) is 5.56 Å². The molecular weight excluding hydrogens is 319 g/mol. The van der Waals surface area contributed by atoms with Gasteiger partial charge in [0, 0.05) is 18.2 Å². The van der Waals surface area contributed by atoms with Crippen molar-refractivity contribution in [3.63, 3.8) is 0 Å². The zero-order valence-electron chi connectivity index (χ0n) is 10.9. The normalized spacial score (nSPS) is 10.3. The molecule has 2 rings (SSSR count). The molecule has 0 aliphatic heterocycles. The number of nitro groups is 2. The fraction of sp³-hybridized carbons (Fsp3) is 0.0769. The van der Waals surface area contributed by atoms with Crippen molar-refractivity contribution < 1.29 is 19.0 Å². The minimum Gasteiger partial charge on any atom is -0.487 e.